The molecule has 10 nitrogen and oxygen atoms in total. The highest BCUT2D eigenvalue weighted by atomic mass is 32.2. The third-order valence-electron chi connectivity index (χ3n) is 4.56. The van der Waals surface area contributed by atoms with Crippen LogP contribution in [0.1, 0.15) is 31.1 Å². The number of carbonyl (C=O) groups is 2. The minimum atomic E-state index is -0.591. The maximum absolute atomic E-state index is 12.5. The van der Waals surface area contributed by atoms with Crippen molar-refractivity contribution in [3.05, 3.63) is 40.4 Å². The smallest absolute Gasteiger partial charge is 0.343 e. The third kappa shape index (κ3) is 4.71. The molecule has 0 saturated carbocycles. The summed E-state index contributed by atoms with van der Waals surface area (Å²) in [6.45, 7) is 6.84. The van der Waals surface area contributed by atoms with E-state index in [9.17, 15) is 14.4 Å². The number of nitrogens with one attached hydrogen (secondary N) is 1. The molecular weight excluding hydrogens is 420 g/mol. The molecular formula is C20H24N6O4S. The van der Waals surface area contributed by atoms with Crippen LogP contribution in [-0.4, -0.2) is 43.3 Å². The number of aryl methyl sites for hydroxylation is 2. The number of thioether (sulfide) groups is 1. The van der Waals surface area contributed by atoms with Crippen molar-refractivity contribution < 1.29 is 14.3 Å². The molecule has 3 rings (SSSR count). The van der Waals surface area contributed by atoms with Gasteiger partial charge in [0.1, 0.15) is 11.4 Å². The molecule has 11 heteroatoms. The molecule has 0 fully saturated rings. The number of aromatic nitrogens is 4. The van der Waals surface area contributed by atoms with Gasteiger partial charge < -0.3 is 15.8 Å². The van der Waals surface area contributed by atoms with Crippen LogP contribution in [0.4, 0.5) is 11.5 Å². The summed E-state index contributed by atoms with van der Waals surface area (Å²) in [6.07, 6.45) is 1.29. The summed E-state index contributed by atoms with van der Waals surface area (Å²) < 4.78 is 8.25. The Morgan fingerprint density at radius 3 is 2.52 bits per heavy atom. The summed E-state index contributed by atoms with van der Waals surface area (Å²) in [5, 5.41) is 3.09. The van der Waals surface area contributed by atoms with Crippen molar-refractivity contribution in [3.63, 3.8) is 0 Å². The molecule has 0 unspecified atom stereocenters. The predicted molar refractivity (Wildman–Crippen MR) is 119 cm³/mol. The van der Waals surface area contributed by atoms with Gasteiger partial charge in [0, 0.05) is 25.0 Å². The zero-order chi connectivity index (χ0) is 22.5. The largest absolute Gasteiger partial charge is 0.462 e. The van der Waals surface area contributed by atoms with E-state index in [1.165, 1.54) is 6.20 Å². The predicted octanol–water partition coefficient (Wildman–Crippen LogP) is 2.12. The number of benzene rings is 1. The van der Waals surface area contributed by atoms with E-state index in [0.717, 1.165) is 22.8 Å². The van der Waals surface area contributed by atoms with E-state index in [1.54, 1.807) is 28.2 Å². The molecule has 2 heterocycles. The molecule has 3 N–H and O–H groups in total. The lowest BCUT2D eigenvalue weighted by Crippen LogP contribution is -2.23. The maximum Gasteiger partial charge on any atom is 0.343 e. The molecule has 31 heavy (non-hydrogen) atoms. The first kappa shape index (κ1) is 22.3. The lowest BCUT2D eigenvalue weighted by atomic mass is 10.2. The Labute approximate surface area is 182 Å². The Balaban J connectivity index is 1.68. The van der Waals surface area contributed by atoms with Crippen molar-refractivity contribution in [2.45, 2.75) is 39.0 Å². The van der Waals surface area contributed by atoms with Gasteiger partial charge in [-0.05, 0) is 39.0 Å². The van der Waals surface area contributed by atoms with Crippen LogP contribution in [0.5, 0.6) is 0 Å². The van der Waals surface area contributed by atoms with Crippen molar-refractivity contribution in [2.75, 3.05) is 23.4 Å². The van der Waals surface area contributed by atoms with Crippen LogP contribution in [-0.2, 0) is 22.6 Å². The fourth-order valence-corrected chi connectivity index (χ4v) is 3.77. The molecule has 164 valence electrons. The summed E-state index contributed by atoms with van der Waals surface area (Å²) in [5.41, 5.74) is 8.00. The number of nitrogens with two attached hydrogens (primary N) is 1. The van der Waals surface area contributed by atoms with Crippen molar-refractivity contribution >= 4 is 46.2 Å². The van der Waals surface area contributed by atoms with E-state index < -0.39 is 5.97 Å². The van der Waals surface area contributed by atoms with Crippen LogP contribution in [0, 0.1) is 0 Å². The second-order valence-electron chi connectivity index (χ2n) is 6.48. The molecule has 0 aliphatic heterocycles. The lowest BCUT2D eigenvalue weighted by Gasteiger charge is -2.07. The van der Waals surface area contributed by atoms with E-state index in [2.05, 4.69) is 15.3 Å². The SMILES string of the molecule is CCOC(=O)c1cnc(SCC(=O)Nc2ccc3c(c2)n(CC)c(=O)n3CC)nc1N. The zero-order valence-electron chi connectivity index (χ0n) is 17.5. The topological polar surface area (TPSA) is 134 Å². The highest BCUT2D eigenvalue weighted by molar-refractivity contribution is 7.99. The second kappa shape index (κ2) is 9.65. The molecule has 2 aromatic heterocycles. The number of amides is 1. The normalized spacial score (nSPS) is 10.9. The summed E-state index contributed by atoms with van der Waals surface area (Å²) in [7, 11) is 0. The molecule has 1 aromatic carbocycles. The standard InChI is InChI=1S/C20H24N6O4S/c1-4-25-14-8-7-12(9-15(14)26(5-2)20(25)29)23-16(27)11-31-19-22-10-13(17(21)24-19)18(28)30-6-3/h7-10H,4-6,11H2,1-3H3,(H,23,27)(H2,21,22,24). The number of esters is 1. The highest BCUT2D eigenvalue weighted by Crippen LogP contribution is 2.21. The highest BCUT2D eigenvalue weighted by Gasteiger charge is 2.15. The summed E-state index contributed by atoms with van der Waals surface area (Å²) in [5.74, 6) is -0.805. The van der Waals surface area contributed by atoms with E-state index in [0.29, 0.717) is 18.8 Å². The Morgan fingerprint density at radius 2 is 1.87 bits per heavy atom. The Hall–Kier alpha value is -3.34. The summed E-state index contributed by atoms with van der Waals surface area (Å²) in [6, 6.07) is 5.38. The van der Waals surface area contributed by atoms with Crippen LogP contribution in [0.15, 0.2) is 34.3 Å². The first-order chi connectivity index (χ1) is 14.9. The number of anilines is 2. The van der Waals surface area contributed by atoms with Crippen molar-refractivity contribution in [1.29, 1.82) is 0 Å². The van der Waals surface area contributed by atoms with Gasteiger partial charge >= 0.3 is 11.7 Å². The second-order valence-corrected chi connectivity index (χ2v) is 7.43. The van der Waals surface area contributed by atoms with Crippen molar-refractivity contribution in [2.24, 2.45) is 0 Å². The molecule has 0 bridgehead atoms. The molecule has 0 aliphatic rings. The number of nitrogen functional groups attached to an aromatic ring is 1. The number of nitrogens with zero attached hydrogens (tertiary/aromatic N) is 4. The van der Waals surface area contributed by atoms with Gasteiger partial charge in [-0.2, -0.15) is 0 Å². The Morgan fingerprint density at radius 1 is 1.16 bits per heavy atom. The van der Waals surface area contributed by atoms with Gasteiger partial charge in [0.15, 0.2) is 5.16 Å². The van der Waals surface area contributed by atoms with Gasteiger partial charge in [-0.1, -0.05) is 11.8 Å². The monoisotopic (exact) mass is 444 g/mol. The zero-order valence-corrected chi connectivity index (χ0v) is 18.4. The first-order valence-electron chi connectivity index (χ1n) is 9.84. The van der Waals surface area contributed by atoms with Crippen molar-refractivity contribution in [1.82, 2.24) is 19.1 Å². The molecule has 3 aromatic rings. The van der Waals surface area contributed by atoms with E-state index in [1.807, 2.05) is 19.9 Å². The van der Waals surface area contributed by atoms with Gasteiger partial charge in [-0.25, -0.2) is 19.6 Å². The molecule has 0 atom stereocenters. The van der Waals surface area contributed by atoms with Gasteiger partial charge in [0.05, 0.1) is 23.4 Å². The lowest BCUT2D eigenvalue weighted by molar-refractivity contribution is -0.113. The quantitative estimate of drug-likeness (QED) is 0.306. The van der Waals surface area contributed by atoms with E-state index in [4.69, 9.17) is 10.5 Å². The Kier molecular flexibility index (Phi) is 6.95. The molecule has 1 amide bonds. The van der Waals surface area contributed by atoms with Crippen LogP contribution >= 0.6 is 11.8 Å². The number of carbonyl (C=O) groups excluding carboxylic acids is 2. The van der Waals surface area contributed by atoms with Gasteiger partial charge in [0.25, 0.3) is 0 Å². The number of ether oxygens (including phenoxy) is 1. The number of fused-ring (bicyclic) bond motifs is 1. The van der Waals surface area contributed by atoms with Gasteiger partial charge in [0.2, 0.25) is 5.91 Å². The third-order valence-corrected chi connectivity index (χ3v) is 5.42. The van der Waals surface area contributed by atoms with Gasteiger partial charge in [-0.3, -0.25) is 13.9 Å². The first-order valence-corrected chi connectivity index (χ1v) is 10.8. The average Bonchev–Trinajstić information content (AvgIpc) is 3.02. The summed E-state index contributed by atoms with van der Waals surface area (Å²) in [4.78, 5) is 44.7. The fraction of sp³-hybridized carbons (Fsp3) is 0.350. The Bertz CT molecular complexity index is 1190. The molecule has 0 aliphatic carbocycles. The molecule has 0 saturated heterocycles. The van der Waals surface area contributed by atoms with Crippen LogP contribution in [0.25, 0.3) is 11.0 Å². The average molecular weight is 445 g/mol. The van der Waals surface area contributed by atoms with Gasteiger partial charge in [-0.15, -0.1) is 0 Å². The molecule has 0 radical (unpaired) electrons. The van der Waals surface area contributed by atoms with Crippen LogP contribution < -0.4 is 16.7 Å². The van der Waals surface area contributed by atoms with Crippen molar-refractivity contribution in [3.8, 4) is 0 Å². The number of rotatable bonds is 8. The molecule has 0 spiro atoms. The van der Waals surface area contributed by atoms with E-state index in [-0.39, 0.29) is 40.5 Å². The van der Waals surface area contributed by atoms with Crippen LogP contribution in [0.3, 0.4) is 0 Å². The number of hydrogen-bond acceptors (Lipinski definition) is 8. The number of imidazole rings is 1. The summed E-state index contributed by atoms with van der Waals surface area (Å²) >= 11 is 1.09. The fourth-order valence-electron chi connectivity index (χ4n) is 3.15. The van der Waals surface area contributed by atoms with Crippen LogP contribution in [0.2, 0.25) is 0 Å². The minimum absolute atomic E-state index is 0.000201. The number of hydrogen-bond donors (Lipinski definition) is 2. The maximum atomic E-state index is 12.5. The minimum Gasteiger partial charge on any atom is -0.462 e. The van der Waals surface area contributed by atoms with E-state index >= 15 is 0 Å².